The predicted octanol–water partition coefficient (Wildman–Crippen LogP) is 2.23. The lowest BCUT2D eigenvalue weighted by Gasteiger charge is -2.47. The molecule has 6 nitrogen and oxygen atoms in total. The molecular weight excluding hydrogens is 402 g/mol. The highest BCUT2D eigenvalue weighted by atomic mass is 16.5. The summed E-state index contributed by atoms with van der Waals surface area (Å²) in [6, 6.07) is 13.9. The molecule has 6 heteroatoms. The molecule has 2 bridgehead atoms. The van der Waals surface area contributed by atoms with E-state index in [1.54, 1.807) is 12.0 Å². The van der Waals surface area contributed by atoms with Gasteiger partial charge in [0.2, 0.25) is 5.91 Å². The molecule has 2 unspecified atom stereocenters. The Morgan fingerprint density at radius 1 is 1.19 bits per heavy atom. The van der Waals surface area contributed by atoms with Crippen molar-refractivity contribution in [3.8, 4) is 11.8 Å². The second-order valence-electron chi connectivity index (χ2n) is 9.12. The molecule has 2 atom stereocenters. The molecule has 4 fully saturated rings. The Hall–Kier alpha value is -2.72. The number of amides is 1. The number of methoxy groups -OCH3 is 1. The highest BCUT2D eigenvalue weighted by Gasteiger charge is 2.44. The topological polar surface area (TPSA) is 65.9 Å². The molecule has 2 aromatic rings. The number of aliphatic hydroxyl groups is 1. The van der Waals surface area contributed by atoms with Crippen molar-refractivity contribution in [2.24, 2.45) is 5.92 Å². The van der Waals surface area contributed by atoms with Crippen molar-refractivity contribution >= 4 is 11.7 Å². The highest BCUT2D eigenvalue weighted by Crippen LogP contribution is 2.35. The third kappa shape index (κ3) is 4.16. The second-order valence-corrected chi connectivity index (χ2v) is 9.12. The fraction of sp³-hybridized carbons (Fsp3) is 0.462. The number of anilines is 1. The van der Waals surface area contributed by atoms with Crippen molar-refractivity contribution < 1.29 is 14.6 Å². The Labute approximate surface area is 189 Å². The van der Waals surface area contributed by atoms with Gasteiger partial charge in [0.1, 0.15) is 11.4 Å². The van der Waals surface area contributed by atoms with Crippen LogP contribution in [0, 0.1) is 17.8 Å². The van der Waals surface area contributed by atoms with Crippen LogP contribution in [-0.2, 0) is 16.0 Å². The normalized spacial score (nSPS) is 29.1. The van der Waals surface area contributed by atoms with Crippen LogP contribution in [0.1, 0.15) is 36.1 Å². The van der Waals surface area contributed by atoms with Gasteiger partial charge in [0.05, 0.1) is 24.8 Å². The highest BCUT2D eigenvalue weighted by molar-refractivity contribution is 5.95. The molecule has 32 heavy (non-hydrogen) atoms. The molecule has 4 saturated heterocycles. The number of aromatic nitrogens is 1. The van der Waals surface area contributed by atoms with Gasteiger partial charge in [-0.25, -0.2) is 4.98 Å². The molecule has 1 amide bonds. The van der Waals surface area contributed by atoms with Crippen LogP contribution in [-0.4, -0.2) is 65.9 Å². The molecule has 0 aliphatic carbocycles. The van der Waals surface area contributed by atoms with E-state index in [0.717, 1.165) is 42.8 Å². The van der Waals surface area contributed by atoms with Crippen LogP contribution >= 0.6 is 0 Å². The third-order valence-electron chi connectivity index (χ3n) is 7.01. The van der Waals surface area contributed by atoms with Crippen molar-refractivity contribution in [1.29, 1.82) is 0 Å². The number of rotatable bonds is 4. The Balaban J connectivity index is 1.47. The maximum Gasteiger partial charge on any atom is 0.230 e. The predicted molar refractivity (Wildman–Crippen MR) is 122 cm³/mol. The van der Waals surface area contributed by atoms with Crippen LogP contribution in [0.15, 0.2) is 42.5 Å². The quantitative estimate of drug-likeness (QED) is 0.752. The zero-order chi connectivity index (χ0) is 22.1. The summed E-state index contributed by atoms with van der Waals surface area (Å²) < 4.78 is 5.38. The van der Waals surface area contributed by atoms with E-state index in [-0.39, 0.29) is 17.9 Å². The lowest BCUT2D eigenvalue weighted by Crippen LogP contribution is -2.58. The summed E-state index contributed by atoms with van der Waals surface area (Å²) in [7, 11) is 1.63. The van der Waals surface area contributed by atoms with Crippen LogP contribution < -0.4 is 4.90 Å². The molecule has 0 radical (unpaired) electrons. The average Bonchev–Trinajstić information content (AvgIpc) is 3.20. The van der Waals surface area contributed by atoms with Gasteiger partial charge < -0.3 is 9.84 Å². The van der Waals surface area contributed by atoms with E-state index in [0.29, 0.717) is 31.7 Å². The number of pyridine rings is 1. The number of benzene rings is 1. The lowest BCUT2D eigenvalue weighted by atomic mass is 9.75. The maximum atomic E-state index is 12.5. The van der Waals surface area contributed by atoms with Crippen molar-refractivity contribution in [3.05, 3.63) is 59.3 Å². The maximum absolute atomic E-state index is 12.5. The van der Waals surface area contributed by atoms with Crippen LogP contribution in [0.2, 0.25) is 0 Å². The standard InChI is InChI=1S/C26H29N3O3/c1-32-22-16-25(30)29(17-22)24-8-7-20(23(27-24)15-19-5-3-2-4-6-19)9-12-26(31)18-28-13-10-21(26)11-14-28/h2-8,21-22,31H,10-11,13-18H2,1H3. The number of carbonyl (C=O) groups is 1. The van der Waals surface area contributed by atoms with Gasteiger partial charge in [0, 0.05) is 31.6 Å². The van der Waals surface area contributed by atoms with E-state index in [9.17, 15) is 9.90 Å². The minimum Gasteiger partial charge on any atom is -0.379 e. The van der Waals surface area contributed by atoms with Crippen LogP contribution in [0.5, 0.6) is 0 Å². The van der Waals surface area contributed by atoms with Crippen molar-refractivity contribution in [2.75, 3.05) is 38.2 Å². The number of carbonyl (C=O) groups excluding carboxylic acids is 1. The first-order valence-corrected chi connectivity index (χ1v) is 11.4. The largest absolute Gasteiger partial charge is 0.379 e. The van der Waals surface area contributed by atoms with Crippen molar-refractivity contribution in [2.45, 2.75) is 37.4 Å². The molecule has 1 aromatic heterocycles. The summed E-state index contributed by atoms with van der Waals surface area (Å²) in [5, 5.41) is 11.2. The van der Waals surface area contributed by atoms with Crippen LogP contribution in [0.25, 0.3) is 0 Å². The van der Waals surface area contributed by atoms with Crippen molar-refractivity contribution in [3.63, 3.8) is 0 Å². The molecular formula is C26H29N3O3. The van der Waals surface area contributed by atoms with E-state index in [1.807, 2.05) is 30.3 Å². The Kier molecular flexibility index (Phi) is 5.73. The second kappa shape index (κ2) is 8.67. The van der Waals surface area contributed by atoms with E-state index >= 15 is 0 Å². The number of ether oxygens (including phenoxy) is 1. The fourth-order valence-corrected chi connectivity index (χ4v) is 5.09. The van der Waals surface area contributed by atoms with Gasteiger partial charge in [-0.2, -0.15) is 0 Å². The Bertz CT molecular complexity index is 1050. The number of piperidine rings is 3. The van der Waals surface area contributed by atoms with Crippen LogP contribution in [0.4, 0.5) is 5.82 Å². The van der Waals surface area contributed by atoms with E-state index in [2.05, 4.69) is 28.9 Å². The summed E-state index contributed by atoms with van der Waals surface area (Å²) in [6.45, 7) is 3.23. The number of fused-ring (bicyclic) bond motifs is 3. The number of hydrogen-bond donors (Lipinski definition) is 1. The first-order valence-electron chi connectivity index (χ1n) is 11.4. The van der Waals surface area contributed by atoms with Gasteiger partial charge in [-0.05, 0) is 43.6 Å². The van der Waals surface area contributed by atoms with Gasteiger partial charge in [0.25, 0.3) is 0 Å². The van der Waals surface area contributed by atoms with Crippen LogP contribution in [0.3, 0.4) is 0 Å². The zero-order valence-electron chi connectivity index (χ0n) is 18.5. The fourth-order valence-electron chi connectivity index (χ4n) is 5.09. The van der Waals surface area contributed by atoms with E-state index < -0.39 is 5.60 Å². The average molecular weight is 432 g/mol. The molecule has 166 valence electrons. The molecule has 5 heterocycles. The van der Waals surface area contributed by atoms with Gasteiger partial charge in [-0.1, -0.05) is 42.2 Å². The van der Waals surface area contributed by atoms with Gasteiger partial charge in [0.15, 0.2) is 0 Å². The minimum atomic E-state index is -0.963. The minimum absolute atomic E-state index is 0.0236. The molecule has 1 N–H and O–H groups in total. The summed E-state index contributed by atoms with van der Waals surface area (Å²) in [5.74, 6) is 7.36. The summed E-state index contributed by atoms with van der Waals surface area (Å²) >= 11 is 0. The molecule has 4 aliphatic rings. The van der Waals surface area contributed by atoms with E-state index in [4.69, 9.17) is 9.72 Å². The summed E-state index contributed by atoms with van der Waals surface area (Å²) in [6.07, 6.45) is 2.88. The van der Waals surface area contributed by atoms with Gasteiger partial charge >= 0.3 is 0 Å². The zero-order valence-corrected chi connectivity index (χ0v) is 18.5. The number of hydrogen-bond acceptors (Lipinski definition) is 5. The first kappa shape index (κ1) is 21.1. The molecule has 0 saturated carbocycles. The van der Waals surface area contributed by atoms with Crippen molar-refractivity contribution in [1.82, 2.24) is 9.88 Å². The van der Waals surface area contributed by atoms with Gasteiger partial charge in [-0.15, -0.1) is 0 Å². The molecule has 1 aromatic carbocycles. The summed E-state index contributed by atoms with van der Waals surface area (Å²) in [5.41, 5.74) is 1.79. The monoisotopic (exact) mass is 431 g/mol. The molecule has 0 spiro atoms. The van der Waals surface area contributed by atoms with Gasteiger partial charge in [-0.3, -0.25) is 14.6 Å². The smallest absolute Gasteiger partial charge is 0.230 e. The first-order chi connectivity index (χ1) is 15.5. The molecule has 6 rings (SSSR count). The number of nitrogens with zero attached hydrogens (tertiary/aromatic N) is 3. The SMILES string of the molecule is COC1CC(=O)N(c2ccc(C#CC3(O)CN4CCC3CC4)c(Cc3ccccc3)n2)C1. The Morgan fingerprint density at radius 3 is 2.62 bits per heavy atom. The Morgan fingerprint density at radius 2 is 1.97 bits per heavy atom. The van der Waals surface area contributed by atoms with E-state index in [1.165, 1.54) is 0 Å². The lowest BCUT2D eigenvalue weighted by molar-refractivity contribution is -0.117. The summed E-state index contributed by atoms with van der Waals surface area (Å²) in [4.78, 5) is 21.3. The molecule has 4 aliphatic heterocycles. The third-order valence-corrected chi connectivity index (χ3v) is 7.01.